The highest BCUT2D eigenvalue weighted by Crippen LogP contribution is 2.19. The molecule has 0 atom stereocenters. The van der Waals surface area contributed by atoms with Gasteiger partial charge in [-0.2, -0.15) is 5.10 Å². The van der Waals surface area contributed by atoms with Crippen molar-refractivity contribution in [1.29, 1.82) is 0 Å². The van der Waals surface area contributed by atoms with Gasteiger partial charge in [-0.3, -0.25) is 14.7 Å². The average Bonchev–Trinajstić information content (AvgIpc) is 3.07. The van der Waals surface area contributed by atoms with Crippen molar-refractivity contribution in [3.05, 3.63) is 17.8 Å². The minimum Gasteiger partial charge on any atom is -0.334 e. The van der Waals surface area contributed by atoms with Gasteiger partial charge in [0.05, 0.1) is 5.39 Å². The molecular weight excluding hydrogens is 258 g/mol. The van der Waals surface area contributed by atoms with Gasteiger partial charge in [-0.25, -0.2) is 4.98 Å². The quantitative estimate of drug-likeness (QED) is 0.753. The maximum Gasteiger partial charge on any atom is 0.315 e. The maximum absolute atomic E-state index is 11.9. The van der Waals surface area contributed by atoms with Gasteiger partial charge in [-0.1, -0.05) is 0 Å². The molecule has 2 aromatic heterocycles. The maximum atomic E-state index is 11.9. The monoisotopic (exact) mass is 273 g/mol. The van der Waals surface area contributed by atoms with Crippen LogP contribution >= 0.6 is 0 Å². The molecule has 2 N–H and O–H groups in total. The van der Waals surface area contributed by atoms with E-state index in [0.717, 1.165) is 18.5 Å². The largest absolute Gasteiger partial charge is 0.334 e. The lowest BCUT2D eigenvalue weighted by Crippen LogP contribution is -2.37. The molecule has 0 unspecified atom stereocenters. The second-order valence-corrected chi connectivity index (χ2v) is 4.87. The predicted octanol–water partition coefficient (Wildman–Crippen LogP) is 0.827. The van der Waals surface area contributed by atoms with Crippen LogP contribution in [-0.2, 0) is 9.59 Å². The highest BCUT2D eigenvalue weighted by molar-refractivity contribution is 6.40. The second-order valence-electron chi connectivity index (χ2n) is 4.87. The molecular formula is C13H15N5O2. The van der Waals surface area contributed by atoms with Gasteiger partial charge in [0.15, 0.2) is 11.5 Å². The Morgan fingerprint density at radius 2 is 2.05 bits per heavy atom. The Hall–Kier alpha value is -2.44. The van der Waals surface area contributed by atoms with E-state index in [1.165, 1.54) is 0 Å². The van der Waals surface area contributed by atoms with Crippen molar-refractivity contribution >= 4 is 28.7 Å². The molecule has 104 valence electrons. The summed E-state index contributed by atoms with van der Waals surface area (Å²) in [5, 5.41) is 9.98. The van der Waals surface area contributed by atoms with Crippen LogP contribution in [0, 0.1) is 6.92 Å². The van der Waals surface area contributed by atoms with Crippen LogP contribution in [0.4, 0.5) is 5.82 Å². The zero-order valence-electron chi connectivity index (χ0n) is 11.1. The SMILES string of the molecule is Cc1ccc2c(NC(=O)C(=O)N3CCCC3)n[nH]c2n1. The van der Waals surface area contributed by atoms with E-state index in [0.29, 0.717) is 29.9 Å². The van der Waals surface area contributed by atoms with E-state index in [4.69, 9.17) is 0 Å². The topological polar surface area (TPSA) is 91.0 Å². The molecule has 1 saturated heterocycles. The van der Waals surface area contributed by atoms with Gasteiger partial charge in [-0.05, 0) is 31.9 Å². The molecule has 1 aliphatic rings. The fraction of sp³-hybridized carbons (Fsp3) is 0.385. The summed E-state index contributed by atoms with van der Waals surface area (Å²) in [6, 6.07) is 3.65. The standard InChI is InChI=1S/C13H15N5O2/c1-8-4-5-9-10(14-8)16-17-11(9)15-12(19)13(20)18-6-2-3-7-18/h4-5H,2-3,6-7H2,1H3,(H2,14,15,16,17,19). The van der Waals surface area contributed by atoms with Crippen molar-refractivity contribution in [2.75, 3.05) is 18.4 Å². The number of carbonyl (C=O) groups is 2. The number of rotatable bonds is 1. The Kier molecular flexibility index (Phi) is 3.09. The van der Waals surface area contributed by atoms with Gasteiger partial charge in [0.1, 0.15) is 0 Å². The molecule has 20 heavy (non-hydrogen) atoms. The summed E-state index contributed by atoms with van der Waals surface area (Å²) in [7, 11) is 0. The van der Waals surface area contributed by atoms with Crippen molar-refractivity contribution in [1.82, 2.24) is 20.1 Å². The molecule has 0 bridgehead atoms. The van der Waals surface area contributed by atoms with Crippen LogP contribution < -0.4 is 5.32 Å². The van der Waals surface area contributed by atoms with E-state index in [1.807, 2.05) is 19.1 Å². The molecule has 0 aliphatic carbocycles. The first kappa shape index (κ1) is 12.6. The Morgan fingerprint density at radius 1 is 1.30 bits per heavy atom. The average molecular weight is 273 g/mol. The Bertz CT molecular complexity index is 672. The van der Waals surface area contributed by atoms with Crippen LogP contribution in [0.3, 0.4) is 0 Å². The number of nitrogens with one attached hydrogen (secondary N) is 2. The number of hydrogen-bond donors (Lipinski definition) is 2. The number of H-pyrrole nitrogens is 1. The molecule has 3 rings (SSSR count). The fourth-order valence-electron chi connectivity index (χ4n) is 2.32. The van der Waals surface area contributed by atoms with Crippen LogP contribution in [0.1, 0.15) is 18.5 Å². The smallest absolute Gasteiger partial charge is 0.315 e. The number of aromatic amines is 1. The highest BCUT2D eigenvalue weighted by Gasteiger charge is 2.25. The first-order valence-corrected chi connectivity index (χ1v) is 6.57. The number of fused-ring (bicyclic) bond motifs is 1. The molecule has 1 aliphatic heterocycles. The van der Waals surface area contributed by atoms with Crippen molar-refractivity contribution in [3.63, 3.8) is 0 Å². The predicted molar refractivity (Wildman–Crippen MR) is 73.1 cm³/mol. The van der Waals surface area contributed by atoms with Crippen LogP contribution in [0.5, 0.6) is 0 Å². The normalized spacial score (nSPS) is 14.8. The molecule has 0 spiro atoms. The van der Waals surface area contributed by atoms with Crippen molar-refractivity contribution in [3.8, 4) is 0 Å². The first-order valence-electron chi connectivity index (χ1n) is 6.57. The van der Waals surface area contributed by atoms with E-state index in [9.17, 15) is 9.59 Å². The Balaban J connectivity index is 1.78. The lowest BCUT2D eigenvalue weighted by molar-refractivity contribution is -0.142. The zero-order chi connectivity index (χ0) is 14.1. The van der Waals surface area contributed by atoms with Crippen molar-refractivity contribution in [2.45, 2.75) is 19.8 Å². The molecule has 2 aromatic rings. The van der Waals surface area contributed by atoms with Crippen molar-refractivity contribution in [2.24, 2.45) is 0 Å². The summed E-state index contributed by atoms with van der Waals surface area (Å²) >= 11 is 0. The number of aryl methyl sites for hydroxylation is 1. The third-order valence-corrected chi connectivity index (χ3v) is 3.38. The van der Waals surface area contributed by atoms with E-state index in [1.54, 1.807) is 4.90 Å². The van der Waals surface area contributed by atoms with Crippen LogP contribution in [0.25, 0.3) is 11.0 Å². The summed E-state index contributed by atoms with van der Waals surface area (Å²) in [4.78, 5) is 29.7. The fourth-order valence-corrected chi connectivity index (χ4v) is 2.32. The van der Waals surface area contributed by atoms with E-state index < -0.39 is 11.8 Å². The molecule has 7 heteroatoms. The Morgan fingerprint density at radius 3 is 2.80 bits per heavy atom. The number of nitrogens with zero attached hydrogens (tertiary/aromatic N) is 3. The van der Waals surface area contributed by atoms with Crippen LogP contribution in [0.2, 0.25) is 0 Å². The van der Waals surface area contributed by atoms with Gasteiger partial charge >= 0.3 is 11.8 Å². The van der Waals surface area contributed by atoms with E-state index in [-0.39, 0.29) is 0 Å². The molecule has 1 fully saturated rings. The number of amides is 2. The zero-order valence-corrected chi connectivity index (χ0v) is 11.1. The van der Waals surface area contributed by atoms with Crippen LogP contribution in [0.15, 0.2) is 12.1 Å². The van der Waals surface area contributed by atoms with E-state index >= 15 is 0 Å². The summed E-state index contributed by atoms with van der Waals surface area (Å²) in [5.41, 5.74) is 1.45. The third-order valence-electron chi connectivity index (χ3n) is 3.38. The molecule has 0 radical (unpaired) electrons. The molecule has 0 saturated carbocycles. The lowest BCUT2D eigenvalue weighted by Gasteiger charge is -2.13. The number of likely N-dealkylation sites (tertiary alicyclic amines) is 1. The summed E-state index contributed by atoms with van der Waals surface area (Å²) in [6.07, 6.45) is 1.90. The van der Waals surface area contributed by atoms with Gasteiger partial charge in [0, 0.05) is 18.8 Å². The minimum absolute atomic E-state index is 0.338. The molecule has 7 nitrogen and oxygen atoms in total. The van der Waals surface area contributed by atoms with Gasteiger partial charge in [-0.15, -0.1) is 0 Å². The molecule has 0 aromatic carbocycles. The second kappa shape index (κ2) is 4.92. The van der Waals surface area contributed by atoms with Gasteiger partial charge in [0.2, 0.25) is 0 Å². The number of aromatic nitrogens is 3. The summed E-state index contributed by atoms with van der Waals surface area (Å²) in [5.74, 6) is -0.815. The number of carbonyl (C=O) groups excluding carboxylic acids is 2. The Labute approximate surface area is 115 Å². The first-order chi connectivity index (χ1) is 9.65. The van der Waals surface area contributed by atoms with Gasteiger partial charge < -0.3 is 10.2 Å². The van der Waals surface area contributed by atoms with Crippen molar-refractivity contribution < 1.29 is 9.59 Å². The number of anilines is 1. The van der Waals surface area contributed by atoms with Gasteiger partial charge in [0.25, 0.3) is 0 Å². The highest BCUT2D eigenvalue weighted by atomic mass is 16.2. The lowest BCUT2D eigenvalue weighted by atomic mass is 10.3. The summed E-state index contributed by atoms with van der Waals surface area (Å²) < 4.78 is 0. The van der Waals surface area contributed by atoms with E-state index in [2.05, 4.69) is 20.5 Å². The number of pyridine rings is 1. The number of hydrogen-bond acceptors (Lipinski definition) is 4. The summed E-state index contributed by atoms with van der Waals surface area (Å²) in [6.45, 7) is 3.16. The third kappa shape index (κ3) is 2.22. The minimum atomic E-state index is -0.652. The van der Waals surface area contributed by atoms with Crippen LogP contribution in [-0.4, -0.2) is 45.0 Å². The molecule has 3 heterocycles. The molecule has 2 amide bonds.